The average molecular weight is 143 g/mol. The predicted octanol–water partition coefficient (Wildman–Crippen LogP) is 1.27. The second kappa shape index (κ2) is 2.82. The molecule has 0 bridgehead atoms. The molecule has 3 heteroatoms. The molecular formula is C7H10FNO. The summed E-state index contributed by atoms with van der Waals surface area (Å²) < 4.78 is 12.7. The van der Waals surface area contributed by atoms with Gasteiger partial charge in [-0.05, 0) is 25.7 Å². The van der Waals surface area contributed by atoms with Crippen LogP contribution in [0.3, 0.4) is 0 Å². The maximum absolute atomic E-state index is 12.7. The first-order chi connectivity index (χ1) is 4.72. The Hall–Kier alpha value is -0.860. The zero-order valence-electron chi connectivity index (χ0n) is 5.69. The van der Waals surface area contributed by atoms with Crippen LogP contribution in [0.4, 0.5) is 4.39 Å². The van der Waals surface area contributed by atoms with Crippen LogP contribution in [0.25, 0.3) is 0 Å². The standard InChI is InChI=1S/C7H10FNO/c8-6-4-2-1-3-5(6)7(9)10/h1-4H2,(H2,9,10). The van der Waals surface area contributed by atoms with E-state index in [0.29, 0.717) is 12.8 Å². The number of hydrogen-bond acceptors (Lipinski definition) is 1. The zero-order valence-corrected chi connectivity index (χ0v) is 5.69. The number of hydrogen-bond donors (Lipinski definition) is 1. The van der Waals surface area contributed by atoms with E-state index in [2.05, 4.69) is 0 Å². The lowest BCUT2D eigenvalue weighted by Gasteiger charge is -2.10. The third-order valence-corrected chi connectivity index (χ3v) is 1.70. The van der Waals surface area contributed by atoms with E-state index >= 15 is 0 Å². The molecule has 0 radical (unpaired) electrons. The van der Waals surface area contributed by atoms with Crippen molar-refractivity contribution in [2.75, 3.05) is 0 Å². The number of amides is 1. The van der Waals surface area contributed by atoms with Gasteiger partial charge in [-0.1, -0.05) is 0 Å². The van der Waals surface area contributed by atoms with Crippen LogP contribution in [0.5, 0.6) is 0 Å². The van der Waals surface area contributed by atoms with Crippen molar-refractivity contribution in [1.82, 2.24) is 0 Å². The Morgan fingerprint density at radius 3 is 2.40 bits per heavy atom. The van der Waals surface area contributed by atoms with Gasteiger partial charge in [0, 0.05) is 5.57 Å². The Balaban J connectivity index is 2.78. The summed E-state index contributed by atoms with van der Waals surface area (Å²) in [5.41, 5.74) is 5.12. The van der Waals surface area contributed by atoms with Gasteiger partial charge in [-0.2, -0.15) is 0 Å². The van der Waals surface area contributed by atoms with Crippen molar-refractivity contribution in [2.45, 2.75) is 25.7 Å². The van der Waals surface area contributed by atoms with E-state index in [1.165, 1.54) is 0 Å². The number of carbonyl (C=O) groups is 1. The Kier molecular flexibility index (Phi) is 2.04. The first kappa shape index (κ1) is 7.25. The molecule has 0 unspecified atom stereocenters. The Labute approximate surface area is 58.9 Å². The summed E-state index contributed by atoms with van der Waals surface area (Å²) in [4.78, 5) is 10.5. The van der Waals surface area contributed by atoms with Gasteiger partial charge >= 0.3 is 0 Å². The summed E-state index contributed by atoms with van der Waals surface area (Å²) in [6.07, 6.45) is 2.62. The predicted molar refractivity (Wildman–Crippen MR) is 35.8 cm³/mol. The molecule has 0 fully saturated rings. The van der Waals surface area contributed by atoms with Crippen molar-refractivity contribution in [2.24, 2.45) is 5.73 Å². The molecule has 0 aromatic heterocycles. The number of allylic oxidation sites excluding steroid dienone is 1. The van der Waals surface area contributed by atoms with E-state index in [1.54, 1.807) is 0 Å². The normalized spacial score (nSPS) is 19.3. The van der Waals surface area contributed by atoms with Crippen molar-refractivity contribution < 1.29 is 9.18 Å². The van der Waals surface area contributed by atoms with Gasteiger partial charge < -0.3 is 5.73 Å². The topological polar surface area (TPSA) is 43.1 Å². The van der Waals surface area contributed by atoms with Crippen LogP contribution in [0, 0.1) is 0 Å². The molecule has 0 spiro atoms. The SMILES string of the molecule is NC(=O)C1=C(F)CCCC1. The summed E-state index contributed by atoms with van der Waals surface area (Å²) in [7, 11) is 0. The van der Waals surface area contributed by atoms with Crippen LogP contribution in [-0.2, 0) is 4.79 Å². The van der Waals surface area contributed by atoms with E-state index in [1.807, 2.05) is 0 Å². The first-order valence-electron chi connectivity index (χ1n) is 3.39. The summed E-state index contributed by atoms with van der Waals surface area (Å²) in [6, 6.07) is 0. The highest BCUT2D eigenvalue weighted by molar-refractivity contribution is 5.92. The van der Waals surface area contributed by atoms with E-state index < -0.39 is 5.91 Å². The van der Waals surface area contributed by atoms with Crippen LogP contribution in [-0.4, -0.2) is 5.91 Å². The van der Waals surface area contributed by atoms with Crippen LogP contribution in [0.15, 0.2) is 11.4 Å². The minimum Gasteiger partial charge on any atom is -0.366 e. The van der Waals surface area contributed by atoms with E-state index in [0.717, 1.165) is 12.8 Å². The van der Waals surface area contributed by atoms with Gasteiger partial charge in [0.1, 0.15) is 5.83 Å². The number of halogens is 1. The lowest BCUT2D eigenvalue weighted by atomic mass is 9.98. The molecule has 0 saturated heterocycles. The summed E-state index contributed by atoms with van der Waals surface area (Å²) in [6.45, 7) is 0. The summed E-state index contributed by atoms with van der Waals surface area (Å²) in [5, 5.41) is 0. The molecular weight excluding hydrogens is 133 g/mol. The molecule has 0 saturated carbocycles. The third kappa shape index (κ3) is 1.35. The van der Waals surface area contributed by atoms with Gasteiger partial charge in [-0.25, -0.2) is 4.39 Å². The molecule has 2 nitrogen and oxygen atoms in total. The fourth-order valence-electron chi connectivity index (χ4n) is 1.13. The van der Waals surface area contributed by atoms with Gasteiger partial charge in [0.2, 0.25) is 5.91 Å². The molecule has 0 aromatic rings. The van der Waals surface area contributed by atoms with Crippen molar-refractivity contribution in [1.29, 1.82) is 0 Å². The molecule has 0 aromatic carbocycles. The van der Waals surface area contributed by atoms with Crippen molar-refractivity contribution in [3.63, 3.8) is 0 Å². The second-order valence-electron chi connectivity index (χ2n) is 2.45. The lowest BCUT2D eigenvalue weighted by molar-refractivity contribution is -0.114. The smallest absolute Gasteiger partial charge is 0.247 e. The quantitative estimate of drug-likeness (QED) is 0.590. The monoisotopic (exact) mass is 143 g/mol. The molecule has 0 aliphatic heterocycles. The molecule has 10 heavy (non-hydrogen) atoms. The number of carbonyl (C=O) groups excluding carboxylic acids is 1. The van der Waals surface area contributed by atoms with Crippen LogP contribution in [0.1, 0.15) is 25.7 Å². The van der Waals surface area contributed by atoms with Crippen molar-refractivity contribution in [3.05, 3.63) is 11.4 Å². The first-order valence-corrected chi connectivity index (χ1v) is 3.39. The molecule has 1 amide bonds. The van der Waals surface area contributed by atoms with E-state index in [-0.39, 0.29) is 11.4 Å². The molecule has 1 aliphatic carbocycles. The number of nitrogens with two attached hydrogens (primary N) is 1. The van der Waals surface area contributed by atoms with Gasteiger partial charge in [0.05, 0.1) is 0 Å². The van der Waals surface area contributed by atoms with Crippen LogP contribution < -0.4 is 5.73 Å². The van der Waals surface area contributed by atoms with E-state index in [9.17, 15) is 9.18 Å². The molecule has 1 rings (SSSR count). The van der Waals surface area contributed by atoms with E-state index in [4.69, 9.17) is 5.73 Å². The molecule has 2 N–H and O–H groups in total. The average Bonchev–Trinajstić information content (AvgIpc) is 1.88. The molecule has 0 atom stereocenters. The summed E-state index contributed by atoms with van der Waals surface area (Å²) in [5.74, 6) is -0.907. The van der Waals surface area contributed by atoms with Crippen LogP contribution >= 0.6 is 0 Å². The number of primary amides is 1. The highest BCUT2D eigenvalue weighted by atomic mass is 19.1. The zero-order chi connectivity index (χ0) is 7.56. The highest BCUT2D eigenvalue weighted by Gasteiger charge is 2.15. The van der Waals surface area contributed by atoms with Gasteiger partial charge in [0.15, 0.2) is 0 Å². The Bertz CT molecular complexity index is 186. The largest absolute Gasteiger partial charge is 0.366 e. The maximum Gasteiger partial charge on any atom is 0.247 e. The third-order valence-electron chi connectivity index (χ3n) is 1.70. The fourth-order valence-corrected chi connectivity index (χ4v) is 1.13. The van der Waals surface area contributed by atoms with Crippen LogP contribution in [0.2, 0.25) is 0 Å². The van der Waals surface area contributed by atoms with Gasteiger partial charge in [-0.3, -0.25) is 4.79 Å². The lowest BCUT2D eigenvalue weighted by Crippen LogP contribution is -2.17. The minimum absolute atomic E-state index is 0.200. The highest BCUT2D eigenvalue weighted by Crippen LogP contribution is 2.24. The van der Waals surface area contributed by atoms with Crippen molar-refractivity contribution >= 4 is 5.91 Å². The minimum atomic E-state index is -0.600. The molecule has 1 aliphatic rings. The number of rotatable bonds is 1. The van der Waals surface area contributed by atoms with Crippen molar-refractivity contribution in [3.8, 4) is 0 Å². The fraction of sp³-hybridized carbons (Fsp3) is 0.571. The summed E-state index contributed by atoms with van der Waals surface area (Å²) >= 11 is 0. The van der Waals surface area contributed by atoms with Gasteiger partial charge in [-0.15, -0.1) is 0 Å². The Morgan fingerprint density at radius 2 is 2.00 bits per heavy atom. The second-order valence-corrected chi connectivity index (χ2v) is 2.45. The Morgan fingerprint density at radius 1 is 1.40 bits per heavy atom. The molecule has 56 valence electrons. The maximum atomic E-state index is 12.7. The van der Waals surface area contributed by atoms with Gasteiger partial charge in [0.25, 0.3) is 0 Å². The molecule has 0 heterocycles.